The Morgan fingerprint density at radius 1 is 0.250 bits per heavy atom. The van der Waals surface area contributed by atoms with Crippen molar-refractivity contribution >= 4 is 189 Å². The molecule has 0 saturated heterocycles. The number of benzene rings is 17. The molecule has 9 heterocycles. The molecule has 0 fully saturated rings. The molecule has 26 rings (SSSR count). The molecule has 7 nitrogen and oxygen atoms in total. The van der Waals surface area contributed by atoms with Crippen molar-refractivity contribution in [2.24, 2.45) is 0 Å². The first-order valence-corrected chi connectivity index (χ1v) is 43.9. The Balaban J connectivity index is 0.822. The number of rotatable bonds is 7. The molecule has 590 valence electrons. The lowest BCUT2D eigenvalue weighted by Gasteiger charge is -2.46. The summed E-state index contributed by atoms with van der Waals surface area (Å²) in [7, 11) is 0. The first kappa shape index (κ1) is 71.2. The molecule has 4 aliphatic heterocycles. The van der Waals surface area contributed by atoms with Gasteiger partial charge in [0.25, 0.3) is 6.71 Å². The van der Waals surface area contributed by atoms with Crippen LogP contribution >= 0.6 is 0 Å². The van der Waals surface area contributed by atoms with Crippen molar-refractivity contribution in [1.29, 1.82) is 0 Å². The summed E-state index contributed by atoms with van der Waals surface area (Å²) in [6.45, 7) is 23.5. The van der Waals surface area contributed by atoms with Crippen LogP contribution in [-0.2, 0) is 21.7 Å². The van der Waals surface area contributed by atoms with Gasteiger partial charge in [-0.1, -0.05) is 263 Å². The lowest BCUT2D eigenvalue weighted by molar-refractivity contribution is 0.590. The number of nitrogens with zero attached hydrogens (tertiary/aromatic N) is 6. The van der Waals surface area contributed by atoms with Crippen molar-refractivity contribution in [1.82, 2.24) is 8.80 Å². The minimum Gasteiger partial charge on any atom is -0.456 e. The van der Waals surface area contributed by atoms with E-state index in [0.717, 1.165) is 101 Å². The molecule has 124 heavy (non-hydrogen) atoms. The number of hydrogen-bond donors (Lipinski definition) is 0. The molecule has 0 amide bonds. The van der Waals surface area contributed by atoms with Crippen LogP contribution in [0.4, 0.5) is 68.2 Å². The van der Waals surface area contributed by atoms with E-state index < -0.39 is 0 Å². The van der Waals surface area contributed by atoms with E-state index in [0.29, 0.717) is 0 Å². The second kappa shape index (κ2) is 25.1. The predicted molar refractivity (Wildman–Crippen MR) is 524 cm³/mol. The zero-order chi connectivity index (χ0) is 83.0. The molecular weight excluding hydrogens is 1500 g/mol. The summed E-state index contributed by atoms with van der Waals surface area (Å²) in [4.78, 5) is 10.6. The topological polar surface area (TPSA) is 34.9 Å². The Morgan fingerprint density at radius 2 is 0.597 bits per heavy atom. The molecule has 0 N–H and O–H groups in total. The maximum atomic E-state index is 6.78. The molecule has 5 aromatic heterocycles. The molecule has 8 heteroatoms. The zero-order valence-electron chi connectivity index (χ0n) is 71.1. The highest BCUT2D eigenvalue weighted by molar-refractivity contribution is 7.00. The fourth-order valence-electron chi connectivity index (χ4n) is 22.8. The van der Waals surface area contributed by atoms with Crippen molar-refractivity contribution in [3.63, 3.8) is 0 Å². The monoisotopic (exact) mass is 1590 g/mol. The summed E-state index contributed by atoms with van der Waals surface area (Å²) in [5, 5.41) is 12.1. The first-order valence-electron chi connectivity index (χ1n) is 43.9. The summed E-state index contributed by atoms with van der Waals surface area (Å²) in [6.07, 6.45) is 0. The average Bonchev–Trinajstić information content (AvgIpc) is 1.08. The molecule has 0 saturated carbocycles. The Hall–Kier alpha value is -14.6. The molecule has 4 aliphatic rings. The average molecular weight is 1590 g/mol. The van der Waals surface area contributed by atoms with Crippen LogP contribution in [-0.4, -0.2) is 15.5 Å². The smallest absolute Gasteiger partial charge is 0.252 e. The molecule has 0 aliphatic carbocycles. The number of hydrogen-bond acceptors (Lipinski definition) is 5. The van der Waals surface area contributed by atoms with Gasteiger partial charge >= 0.3 is 0 Å². The summed E-state index contributed by atoms with van der Waals surface area (Å²) >= 11 is 0. The normalized spacial score (nSPS) is 14.6. The van der Waals surface area contributed by atoms with Crippen molar-refractivity contribution in [2.45, 2.75) is 90.9 Å². The minimum atomic E-state index is -0.311. The van der Waals surface area contributed by atoms with Crippen LogP contribution in [0.15, 0.2) is 350 Å². The van der Waals surface area contributed by atoms with E-state index in [1.165, 1.54) is 149 Å². The Morgan fingerprint density at radius 3 is 0.992 bits per heavy atom. The lowest BCUT2D eigenvalue weighted by Crippen LogP contribution is -2.61. The molecule has 17 aromatic carbocycles. The fourth-order valence-corrected chi connectivity index (χ4v) is 22.8. The van der Waals surface area contributed by atoms with Gasteiger partial charge < -0.3 is 32.8 Å². The van der Waals surface area contributed by atoms with Gasteiger partial charge in [-0.25, -0.2) is 0 Å². The molecular formula is C116H87BN6O. The number of anilines is 12. The second-order valence-corrected chi connectivity index (χ2v) is 38.4. The Labute approximate surface area is 720 Å². The van der Waals surface area contributed by atoms with Gasteiger partial charge in [0.05, 0.1) is 67.2 Å². The predicted octanol–water partition coefficient (Wildman–Crippen LogP) is 29.8. The summed E-state index contributed by atoms with van der Waals surface area (Å²) in [6, 6.07) is 133. The number of para-hydroxylation sites is 9. The third-order valence-electron chi connectivity index (χ3n) is 28.8. The molecule has 0 radical (unpaired) electrons. The largest absolute Gasteiger partial charge is 0.456 e. The maximum absolute atomic E-state index is 6.78. The summed E-state index contributed by atoms with van der Waals surface area (Å²) < 4.78 is 11.8. The van der Waals surface area contributed by atoms with Crippen LogP contribution in [0, 0.1) is 0 Å². The third-order valence-corrected chi connectivity index (χ3v) is 28.8. The van der Waals surface area contributed by atoms with Crippen LogP contribution in [0.25, 0.3) is 132 Å². The lowest BCUT2D eigenvalue weighted by atomic mass is 9.33. The van der Waals surface area contributed by atoms with E-state index >= 15 is 0 Å². The van der Waals surface area contributed by atoms with Crippen molar-refractivity contribution in [3.8, 4) is 33.4 Å². The third kappa shape index (κ3) is 9.74. The van der Waals surface area contributed by atoms with Crippen molar-refractivity contribution in [3.05, 3.63) is 379 Å². The van der Waals surface area contributed by atoms with Gasteiger partial charge in [0.2, 0.25) is 0 Å². The number of aromatic nitrogens is 2. The maximum Gasteiger partial charge on any atom is 0.252 e. The van der Waals surface area contributed by atoms with Gasteiger partial charge in [-0.15, -0.1) is 0 Å². The fraction of sp³-hybridized carbons (Fsp3) is 0.121. The van der Waals surface area contributed by atoms with E-state index in [2.05, 4.69) is 443 Å². The van der Waals surface area contributed by atoms with Gasteiger partial charge in [-0.3, -0.25) is 0 Å². The van der Waals surface area contributed by atoms with Gasteiger partial charge in [-0.05, 0) is 235 Å². The van der Waals surface area contributed by atoms with Crippen molar-refractivity contribution in [2.75, 3.05) is 19.6 Å². The number of furan rings is 1. The quantitative estimate of drug-likeness (QED) is 0.149. The highest BCUT2D eigenvalue weighted by Crippen LogP contribution is 2.59. The van der Waals surface area contributed by atoms with Gasteiger partial charge in [0, 0.05) is 110 Å². The van der Waals surface area contributed by atoms with Crippen molar-refractivity contribution < 1.29 is 4.42 Å². The Kier molecular flexibility index (Phi) is 14.4. The van der Waals surface area contributed by atoms with E-state index in [1.807, 2.05) is 0 Å². The SMILES string of the molecule is CC(C)(C)c1ccc(N2c3cc(N4c5ccccc5C(C)(C)c5ccccc54)ccc3B3c4ccc(N5c6ccccc6C(C)(C)c6ccccc65)cc4N(c4ccc(C(C)(C)C)cc4-c4cc5c6ccccc6n6c7ccccc7c(c4)c56)c4cc(-c5ccc6oc7ccccc7c6c5)cc2c43)c(-c2cc3c4ccccc4n4c5ccccc5c(c2)c34)c1. The first-order chi connectivity index (χ1) is 60.3. The second-order valence-electron chi connectivity index (χ2n) is 38.4. The molecule has 0 unspecified atom stereocenters. The van der Waals surface area contributed by atoms with Crippen LogP contribution < -0.4 is 36.0 Å². The van der Waals surface area contributed by atoms with Crippen LogP contribution in [0.2, 0.25) is 0 Å². The molecule has 0 bridgehead atoms. The summed E-state index contributed by atoms with van der Waals surface area (Å²) in [5.74, 6) is 0. The minimum absolute atomic E-state index is 0.228. The van der Waals surface area contributed by atoms with Gasteiger partial charge in [0.1, 0.15) is 11.2 Å². The van der Waals surface area contributed by atoms with Crippen LogP contribution in [0.1, 0.15) is 103 Å². The molecule has 22 aromatic rings. The van der Waals surface area contributed by atoms with Crippen LogP contribution in [0.3, 0.4) is 0 Å². The van der Waals surface area contributed by atoms with Gasteiger partial charge in [0.15, 0.2) is 0 Å². The van der Waals surface area contributed by atoms with E-state index in [9.17, 15) is 0 Å². The van der Waals surface area contributed by atoms with E-state index in [-0.39, 0.29) is 28.4 Å². The van der Waals surface area contributed by atoms with E-state index in [4.69, 9.17) is 4.42 Å². The molecule has 0 atom stereocenters. The van der Waals surface area contributed by atoms with E-state index in [1.54, 1.807) is 0 Å². The Bertz CT molecular complexity index is 7710. The van der Waals surface area contributed by atoms with Crippen LogP contribution in [0.5, 0.6) is 0 Å². The summed E-state index contributed by atoms with van der Waals surface area (Å²) in [5.41, 5.74) is 39.6. The number of fused-ring (bicyclic) bond motifs is 23. The molecule has 0 spiro atoms. The van der Waals surface area contributed by atoms with Gasteiger partial charge in [-0.2, -0.15) is 0 Å². The standard InChI is InChI=1S/C116H87BN6O/c1-113(2,3)72-48-54-98(81(64-72)70-58-84-76-29-11-20-38-94(76)122-95-39-21-12-30-77(95)85(59-70)111(84)122)120-104-66-74(118-100-42-24-16-34-88(100)115(7,8)89-35-17-25-43-101(89)118)50-52-92(104)117-93-53-51-75(119-102-44-26-18-36-90(102)116(9,10)91-37-19-27-45-103(91)119)67-105(93)121(107-63-69(62-106(120)110(107)117)68-47-56-109-83(57-68)80-33-15-28-46-108(80)124-109)99-55-49-73(114(4,5)6)65-82(99)71-60-86-78-31-13-22-40-96(78)123-97-41-23-14-32-79(97)87(61-71)112(86)123/h11-67H,1-10H3. The highest BCUT2D eigenvalue weighted by Gasteiger charge is 2.48. The highest BCUT2D eigenvalue weighted by atomic mass is 16.3. The zero-order valence-corrected chi connectivity index (χ0v) is 71.1.